The van der Waals surface area contributed by atoms with E-state index in [1.54, 1.807) is 42.5 Å². The minimum Gasteiger partial charge on any atom is -0.480 e. The van der Waals surface area contributed by atoms with E-state index in [4.69, 9.17) is 0 Å². The van der Waals surface area contributed by atoms with Gasteiger partial charge in [0, 0.05) is 17.2 Å². The molecule has 0 unspecified atom stereocenters. The summed E-state index contributed by atoms with van der Waals surface area (Å²) in [6.45, 7) is 0. The van der Waals surface area contributed by atoms with Crippen LogP contribution >= 0.6 is 0 Å². The van der Waals surface area contributed by atoms with Gasteiger partial charge in [0.2, 0.25) is 0 Å². The van der Waals surface area contributed by atoms with Gasteiger partial charge in [0.1, 0.15) is 11.9 Å². The normalized spacial score (nSPS) is 12.0. The van der Waals surface area contributed by atoms with Gasteiger partial charge in [-0.3, -0.25) is 4.79 Å². The molecule has 0 fully saturated rings. The molecule has 4 aromatic rings. The van der Waals surface area contributed by atoms with Crippen LogP contribution in [0.25, 0.3) is 21.8 Å². The van der Waals surface area contributed by atoms with Crippen molar-refractivity contribution in [2.24, 2.45) is 0 Å². The zero-order valence-corrected chi connectivity index (χ0v) is 15.3. The number of aromatic nitrogens is 1. The maximum atomic E-state index is 13.5. The fourth-order valence-corrected chi connectivity index (χ4v) is 3.41. The summed E-state index contributed by atoms with van der Waals surface area (Å²) in [4.78, 5) is 29.5. The Morgan fingerprint density at radius 2 is 1.55 bits per heavy atom. The van der Waals surface area contributed by atoms with Crippen molar-refractivity contribution in [3.63, 3.8) is 0 Å². The van der Waals surface area contributed by atoms with Crippen LogP contribution < -0.4 is 5.32 Å². The summed E-state index contributed by atoms with van der Waals surface area (Å²) in [5.41, 5.74) is 2.15. The quantitative estimate of drug-likeness (QED) is 0.508. The second-order valence-corrected chi connectivity index (χ2v) is 6.72. The van der Waals surface area contributed by atoms with Crippen LogP contribution in [0, 0.1) is 5.82 Å². The highest BCUT2D eigenvalue weighted by Gasteiger charge is 2.24. The summed E-state index contributed by atoms with van der Waals surface area (Å²) in [6.07, 6.45) is -0.0280. The van der Waals surface area contributed by atoms with E-state index in [9.17, 15) is 19.1 Å². The average molecular weight is 388 g/mol. The molecule has 3 aromatic carbocycles. The monoisotopic (exact) mass is 388 g/mol. The molecule has 1 amide bonds. The van der Waals surface area contributed by atoms with Gasteiger partial charge in [-0.15, -0.1) is 0 Å². The van der Waals surface area contributed by atoms with Crippen LogP contribution in [0.2, 0.25) is 0 Å². The van der Waals surface area contributed by atoms with E-state index in [2.05, 4.69) is 10.3 Å². The molecule has 0 aliphatic carbocycles. The highest BCUT2D eigenvalue weighted by molar-refractivity contribution is 6.16. The second-order valence-electron chi connectivity index (χ2n) is 6.72. The van der Waals surface area contributed by atoms with Crippen LogP contribution in [0.15, 0.2) is 72.8 Å². The van der Waals surface area contributed by atoms with Crippen molar-refractivity contribution in [2.45, 2.75) is 12.5 Å². The molecule has 0 saturated carbocycles. The highest BCUT2D eigenvalue weighted by atomic mass is 19.1. The number of hydrogen-bond acceptors (Lipinski definition) is 3. The lowest BCUT2D eigenvalue weighted by Gasteiger charge is -2.17. The molecule has 1 heterocycles. The van der Waals surface area contributed by atoms with Crippen molar-refractivity contribution < 1.29 is 19.1 Å². The Hall–Kier alpha value is -3.80. The Balaban J connectivity index is 1.74. The molecule has 1 aromatic heterocycles. The first kappa shape index (κ1) is 18.6. The minimum absolute atomic E-state index is 0.0280. The number of rotatable bonds is 5. The summed E-state index contributed by atoms with van der Waals surface area (Å²) in [5.74, 6) is -2.15. The molecule has 0 radical (unpaired) electrons. The van der Waals surface area contributed by atoms with Crippen LogP contribution in [0.3, 0.4) is 0 Å². The van der Waals surface area contributed by atoms with Crippen molar-refractivity contribution in [1.82, 2.24) is 10.3 Å². The SMILES string of the molecule is O=C(N[C@@H](Cc1cccc(F)c1)C(=O)O)c1c2ccccc2nc2ccccc12. The van der Waals surface area contributed by atoms with Crippen molar-refractivity contribution in [3.05, 3.63) is 89.7 Å². The molecule has 5 nitrogen and oxygen atoms in total. The van der Waals surface area contributed by atoms with Gasteiger partial charge in [-0.1, -0.05) is 48.5 Å². The van der Waals surface area contributed by atoms with E-state index in [0.29, 0.717) is 32.9 Å². The van der Waals surface area contributed by atoms with E-state index < -0.39 is 23.7 Å². The molecule has 0 spiro atoms. The van der Waals surface area contributed by atoms with Crippen LogP contribution in [-0.4, -0.2) is 28.0 Å². The first-order valence-corrected chi connectivity index (χ1v) is 9.08. The van der Waals surface area contributed by atoms with Gasteiger partial charge in [0.25, 0.3) is 5.91 Å². The molecule has 0 saturated heterocycles. The Bertz CT molecular complexity index is 1190. The third kappa shape index (κ3) is 3.78. The fraction of sp³-hybridized carbons (Fsp3) is 0.0870. The van der Waals surface area contributed by atoms with Gasteiger partial charge in [0.15, 0.2) is 0 Å². The number of nitrogens with one attached hydrogen (secondary N) is 1. The fourth-order valence-electron chi connectivity index (χ4n) is 3.41. The Kier molecular flexibility index (Phi) is 4.91. The highest BCUT2D eigenvalue weighted by Crippen LogP contribution is 2.26. The van der Waals surface area contributed by atoms with Gasteiger partial charge in [0.05, 0.1) is 16.6 Å². The molecular weight excluding hydrogens is 371 g/mol. The zero-order valence-electron chi connectivity index (χ0n) is 15.3. The summed E-state index contributed by atoms with van der Waals surface area (Å²) >= 11 is 0. The number of fused-ring (bicyclic) bond motifs is 2. The number of hydrogen-bond donors (Lipinski definition) is 2. The topological polar surface area (TPSA) is 79.3 Å². The van der Waals surface area contributed by atoms with Crippen molar-refractivity contribution in [3.8, 4) is 0 Å². The number of nitrogens with zero attached hydrogens (tertiary/aromatic N) is 1. The lowest BCUT2D eigenvalue weighted by Crippen LogP contribution is -2.42. The third-order valence-electron chi connectivity index (χ3n) is 4.75. The first-order chi connectivity index (χ1) is 14.0. The molecule has 0 aliphatic rings. The van der Waals surface area contributed by atoms with E-state index in [0.717, 1.165) is 0 Å². The number of para-hydroxylation sites is 2. The maximum Gasteiger partial charge on any atom is 0.326 e. The number of carboxylic acid groups (broad SMARTS) is 1. The molecule has 1 atom stereocenters. The lowest BCUT2D eigenvalue weighted by atomic mass is 10.0. The standard InChI is InChI=1S/C23H17FN2O3/c24-15-7-5-6-14(12-15)13-20(23(28)29)26-22(27)21-16-8-1-3-10-18(16)25-19-11-4-2-9-17(19)21/h1-12,20H,13H2,(H,26,27)(H,28,29)/t20-/m0/s1. The number of pyridine rings is 1. The molecule has 0 bridgehead atoms. The lowest BCUT2D eigenvalue weighted by molar-refractivity contribution is -0.139. The van der Waals surface area contributed by atoms with Crippen LogP contribution in [0.5, 0.6) is 0 Å². The Morgan fingerprint density at radius 1 is 0.931 bits per heavy atom. The predicted molar refractivity (Wildman–Crippen MR) is 108 cm³/mol. The molecule has 2 N–H and O–H groups in total. The Labute approximate surface area is 165 Å². The van der Waals surface area contributed by atoms with Crippen molar-refractivity contribution in [2.75, 3.05) is 0 Å². The van der Waals surface area contributed by atoms with Crippen molar-refractivity contribution >= 4 is 33.7 Å². The Morgan fingerprint density at radius 3 is 2.14 bits per heavy atom. The van der Waals surface area contributed by atoms with E-state index in [1.165, 1.54) is 18.2 Å². The van der Waals surface area contributed by atoms with Gasteiger partial charge in [-0.05, 0) is 29.8 Å². The van der Waals surface area contributed by atoms with Crippen molar-refractivity contribution in [1.29, 1.82) is 0 Å². The number of carboxylic acids is 1. The minimum atomic E-state index is -1.20. The third-order valence-corrected chi connectivity index (χ3v) is 4.75. The van der Waals surface area contributed by atoms with Crippen LogP contribution in [0.4, 0.5) is 4.39 Å². The molecule has 6 heteroatoms. The molecular formula is C23H17FN2O3. The summed E-state index contributed by atoms with van der Waals surface area (Å²) < 4.78 is 13.5. The summed E-state index contributed by atoms with van der Waals surface area (Å²) in [7, 11) is 0. The summed E-state index contributed by atoms with van der Waals surface area (Å²) in [6, 6.07) is 18.9. The van der Waals surface area contributed by atoms with Gasteiger partial charge in [-0.2, -0.15) is 0 Å². The summed E-state index contributed by atoms with van der Waals surface area (Å²) in [5, 5.41) is 13.5. The van der Waals surface area contributed by atoms with Gasteiger partial charge < -0.3 is 10.4 Å². The number of carbonyl (C=O) groups excluding carboxylic acids is 1. The predicted octanol–water partition coefficient (Wildman–Crippen LogP) is 3.95. The maximum absolute atomic E-state index is 13.5. The number of carbonyl (C=O) groups is 2. The van der Waals surface area contributed by atoms with E-state index >= 15 is 0 Å². The van der Waals surface area contributed by atoms with E-state index in [1.807, 2.05) is 12.1 Å². The second kappa shape index (κ2) is 7.67. The van der Waals surface area contributed by atoms with Crippen LogP contribution in [-0.2, 0) is 11.2 Å². The van der Waals surface area contributed by atoms with Gasteiger partial charge >= 0.3 is 5.97 Å². The largest absolute Gasteiger partial charge is 0.480 e. The molecule has 0 aliphatic heterocycles. The average Bonchev–Trinajstić information content (AvgIpc) is 2.71. The number of amides is 1. The van der Waals surface area contributed by atoms with Crippen LogP contribution in [0.1, 0.15) is 15.9 Å². The number of aliphatic carboxylic acids is 1. The number of halogens is 1. The molecule has 144 valence electrons. The zero-order chi connectivity index (χ0) is 20.4. The smallest absolute Gasteiger partial charge is 0.326 e. The van der Waals surface area contributed by atoms with Gasteiger partial charge in [-0.25, -0.2) is 14.2 Å². The first-order valence-electron chi connectivity index (χ1n) is 9.08. The molecule has 29 heavy (non-hydrogen) atoms. The van der Waals surface area contributed by atoms with E-state index in [-0.39, 0.29) is 6.42 Å². The number of benzene rings is 3. The molecule has 4 rings (SSSR count).